The lowest BCUT2D eigenvalue weighted by molar-refractivity contribution is -0.133. The van der Waals surface area contributed by atoms with Gasteiger partial charge in [-0.1, -0.05) is 18.5 Å². The second kappa shape index (κ2) is 6.04. The van der Waals surface area contributed by atoms with Crippen LogP contribution in [0.4, 0.5) is 0 Å². The van der Waals surface area contributed by atoms with E-state index in [0.717, 1.165) is 25.7 Å². The number of nitrogens with zero attached hydrogens (tertiary/aromatic N) is 2. The number of aliphatic hydroxyl groups excluding tert-OH is 1. The first-order valence-electron chi connectivity index (χ1n) is 7.37. The number of hydrogen-bond donors (Lipinski definition) is 1. The van der Waals surface area contributed by atoms with Crippen molar-refractivity contribution in [1.82, 2.24) is 9.78 Å². The van der Waals surface area contributed by atoms with Crippen LogP contribution in [0.3, 0.4) is 0 Å². The first-order chi connectivity index (χ1) is 9.41. The van der Waals surface area contributed by atoms with Crippen molar-refractivity contribution in [2.75, 3.05) is 7.11 Å². The average molecular weight is 301 g/mol. The first kappa shape index (κ1) is 15.8. The van der Waals surface area contributed by atoms with E-state index in [9.17, 15) is 5.11 Å². The van der Waals surface area contributed by atoms with E-state index in [1.165, 1.54) is 0 Å². The molecule has 1 saturated carbocycles. The first-order valence-corrected chi connectivity index (χ1v) is 7.75. The summed E-state index contributed by atoms with van der Waals surface area (Å²) in [6, 6.07) is 0.156. The lowest BCUT2D eigenvalue weighted by Crippen LogP contribution is -2.42. The Kier molecular flexibility index (Phi) is 4.77. The molecule has 1 fully saturated rings. The number of hydrogen-bond acceptors (Lipinski definition) is 3. The standard InChI is InChI=1S/C15H25ClN2O2/c1-10(2)18-13(12(16)9-17-18)14(19)15(20-4)7-5-11(3)6-8-15/h9-11,14,19H,5-8H2,1-4H3. The highest BCUT2D eigenvalue weighted by Gasteiger charge is 2.44. The maximum absolute atomic E-state index is 10.9. The molecule has 1 N–H and O–H groups in total. The Bertz CT molecular complexity index is 451. The molecule has 0 amide bonds. The zero-order valence-corrected chi connectivity index (χ0v) is 13.5. The average Bonchev–Trinajstić information content (AvgIpc) is 2.81. The van der Waals surface area contributed by atoms with E-state index in [-0.39, 0.29) is 6.04 Å². The predicted molar refractivity (Wildman–Crippen MR) is 80.0 cm³/mol. The maximum atomic E-state index is 10.9. The van der Waals surface area contributed by atoms with Gasteiger partial charge in [0.1, 0.15) is 6.10 Å². The van der Waals surface area contributed by atoms with Gasteiger partial charge in [0.2, 0.25) is 0 Å². The van der Waals surface area contributed by atoms with Gasteiger partial charge in [0.15, 0.2) is 0 Å². The largest absolute Gasteiger partial charge is 0.384 e. The van der Waals surface area contributed by atoms with Gasteiger partial charge in [0.25, 0.3) is 0 Å². The van der Waals surface area contributed by atoms with Crippen molar-refractivity contribution in [3.05, 3.63) is 16.9 Å². The fourth-order valence-corrected chi connectivity index (χ4v) is 3.34. The number of ether oxygens (including phenoxy) is 1. The van der Waals surface area contributed by atoms with Crippen LogP contribution < -0.4 is 0 Å². The zero-order valence-electron chi connectivity index (χ0n) is 12.8. The van der Waals surface area contributed by atoms with E-state index in [0.29, 0.717) is 16.6 Å². The SMILES string of the molecule is COC1(C(O)c2c(Cl)cnn2C(C)C)CCC(C)CC1. The molecule has 4 nitrogen and oxygen atoms in total. The third-order valence-electron chi connectivity index (χ3n) is 4.56. The molecule has 5 heteroatoms. The van der Waals surface area contributed by atoms with Gasteiger partial charge in [0, 0.05) is 13.2 Å². The van der Waals surface area contributed by atoms with Crippen molar-refractivity contribution >= 4 is 11.6 Å². The molecule has 1 heterocycles. The lowest BCUT2D eigenvalue weighted by Gasteiger charge is -2.42. The molecule has 20 heavy (non-hydrogen) atoms. The van der Waals surface area contributed by atoms with Gasteiger partial charge in [-0.2, -0.15) is 5.10 Å². The molecule has 0 aromatic carbocycles. The summed E-state index contributed by atoms with van der Waals surface area (Å²) in [5, 5.41) is 15.7. The molecule has 1 unspecified atom stereocenters. The van der Waals surface area contributed by atoms with Crippen LogP contribution in [0.2, 0.25) is 5.02 Å². The van der Waals surface area contributed by atoms with Gasteiger partial charge < -0.3 is 9.84 Å². The van der Waals surface area contributed by atoms with Gasteiger partial charge in [0.05, 0.1) is 22.5 Å². The van der Waals surface area contributed by atoms with Gasteiger partial charge in [-0.25, -0.2) is 0 Å². The second-order valence-corrected chi connectivity index (χ2v) is 6.68. The molecular weight excluding hydrogens is 276 g/mol. The van der Waals surface area contributed by atoms with E-state index in [2.05, 4.69) is 12.0 Å². The molecular formula is C15H25ClN2O2. The fourth-order valence-electron chi connectivity index (χ4n) is 3.11. The van der Waals surface area contributed by atoms with Crippen molar-refractivity contribution < 1.29 is 9.84 Å². The summed E-state index contributed by atoms with van der Waals surface area (Å²) in [5.41, 5.74) is 0.140. The predicted octanol–water partition coefficient (Wildman–Crippen LogP) is 3.75. The van der Waals surface area contributed by atoms with Crippen LogP contribution in [0, 0.1) is 5.92 Å². The molecule has 0 aliphatic heterocycles. The van der Waals surface area contributed by atoms with Gasteiger partial charge in [-0.15, -0.1) is 0 Å². The van der Waals surface area contributed by atoms with Crippen LogP contribution in [0.25, 0.3) is 0 Å². The Morgan fingerprint density at radius 3 is 2.55 bits per heavy atom. The Morgan fingerprint density at radius 2 is 2.05 bits per heavy atom. The van der Waals surface area contributed by atoms with Crippen LogP contribution in [-0.4, -0.2) is 27.6 Å². The van der Waals surface area contributed by atoms with Crippen LogP contribution in [0.15, 0.2) is 6.20 Å². The number of aromatic nitrogens is 2. The second-order valence-electron chi connectivity index (χ2n) is 6.27. The Labute approximate surface area is 126 Å². The van der Waals surface area contributed by atoms with E-state index in [1.807, 2.05) is 13.8 Å². The topological polar surface area (TPSA) is 47.3 Å². The maximum Gasteiger partial charge on any atom is 0.126 e. The lowest BCUT2D eigenvalue weighted by atomic mass is 9.75. The molecule has 114 valence electrons. The highest BCUT2D eigenvalue weighted by atomic mass is 35.5. The number of aliphatic hydroxyl groups is 1. The smallest absolute Gasteiger partial charge is 0.126 e. The molecule has 1 aliphatic carbocycles. The minimum absolute atomic E-state index is 0.156. The molecule has 0 spiro atoms. The van der Waals surface area contributed by atoms with Crippen molar-refractivity contribution in [2.24, 2.45) is 5.92 Å². The summed E-state index contributed by atoms with van der Waals surface area (Å²) in [4.78, 5) is 0. The molecule has 1 aromatic rings. The molecule has 2 rings (SSSR count). The minimum Gasteiger partial charge on any atom is -0.384 e. The Morgan fingerprint density at radius 1 is 1.45 bits per heavy atom. The quantitative estimate of drug-likeness (QED) is 0.921. The normalized spacial score (nSPS) is 28.9. The zero-order chi connectivity index (χ0) is 14.9. The molecule has 0 bridgehead atoms. The summed E-state index contributed by atoms with van der Waals surface area (Å²) in [6.45, 7) is 6.31. The van der Waals surface area contributed by atoms with E-state index >= 15 is 0 Å². The summed E-state index contributed by atoms with van der Waals surface area (Å²) >= 11 is 6.25. The van der Waals surface area contributed by atoms with Crippen molar-refractivity contribution in [3.8, 4) is 0 Å². The number of halogens is 1. The minimum atomic E-state index is -0.739. The van der Waals surface area contributed by atoms with E-state index in [4.69, 9.17) is 16.3 Å². The summed E-state index contributed by atoms with van der Waals surface area (Å²) in [7, 11) is 1.68. The summed E-state index contributed by atoms with van der Waals surface area (Å²) in [5.74, 6) is 0.691. The van der Waals surface area contributed by atoms with Crippen molar-refractivity contribution in [3.63, 3.8) is 0 Å². The summed E-state index contributed by atoms with van der Waals surface area (Å²) < 4.78 is 7.55. The highest BCUT2D eigenvalue weighted by Crippen LogP contribution is 2.44. The van der Waals surface area contributed by atoms with Crippen LogP contribution in [-0.2, 0) is 4.74 Å². The molecule has 1 atom stereocenters. The monoisotopic (exact) mass is 300 g/mol. The van der Waals surface area contributed by atoms with Crippen LogP contribution in [0.5, 0.6) is 0 Å². The van der Waals surface area contributed by atoms with E-state index in [1.54, 1.807) is 18.0 Å². The summed E-state index contributed by atoms with van der Waals surface area (Å²) in [6.07, 6.45) is 4.71. The number of methoxy groups -OCH3 is 1. The Hall–Kier alpha value is -0.580. The highest BCUT2D eigenvalue weighted by molar-refractivity contribution is 6.31. The van der Waals surface area contributed by atoms with Crippen molar-refractivity contribution in [1.29, 1.82) is 0 Å². The van der Waals surface area contributed by atoms with Gasteiger partial charge in [-0.05, 0) is 45.4 Å². The van der Waals surface area contributed by atoms with Crippen molar-refractivity contribution in [2.45, 2.75) is 64.2 Å². The fraction of sp³-hybridized carbons (Fsp3) is 0.800. The molecule has 0 radical (unpaired) electrons. The van der Waals surface area contributed by atoms with Crippen LogP contribution in [0.1, 0.15) is 64.3 Å². The van der Waals surface area contributed by atoms with Crippen LogP contribution >= 0.6 is 11.6 Å². The van der Waals surface area contributed by atoms with Gasteiger partial charge >= 0.3 is 0 Å². The molecule has 0 saturated heterocycles. The Balaban J connectivity index is 2.34. The molecule has 1 aromatic heterocycles. The van der Waals surface area contributed by atoms with Gasteiger partial charge in [-0.3, -0.25) is 4.68 Å². The third-order valence-corrected chi connectivity index (χ3v) is 4.85. The van der Waals surface area contributed by atoms with E-state index < -0.39 is 11.7 Å². The number of rotatable bonds is 4. The molecule has 1 aliphatic rings. The third kappa shape index (κ3) is 2.74.